The smallest absolute Gasteiger partial charge is 0.251 e. The lowest BCUT2D eigenvalue weighted by Crippen LogP contribution is -2.44. The molecular weight excluding hydrogens is 388 g/mol. The van der Waals surface area contributed by atoms with E-state index in [1.165, 1.54) is 17.3 Å². The lowest BCUT2D eigenvalue weighted by Gasteiger charge is -2.36. The van der Waals surface area contributed by atoms with Crippen LogP contribution < -0.4 is 10.2 Å². The van der Waals surface area contributed by atoms with Gasteiger partial charge in [0.1, 0.15) is 0 Å². The van der Waals surface area contributed by atoms with Crippen LogP contribution >= 0.6 is 0 Å². The second-order valence-electron chi connectivity index (χ2n) is 7.92. The van der Waals surface area contributed by atoms with Gasteiger partial charge in [-0.15, -0.1) is 0 Å². The van der Waals surface area contributed by atoms with Crippen LogP contribution in [0.15, 0.2) is 36.4 Å². The summed E-state index contributed by atoms with van der Waals surface area (Å²) in [5, 5.41) is 2.91. The van der Waals surface area contributed by atoms with Crippen molar-refractivity contribution in [2.75, 3.05) is 51.3 Å². The maximum Gasteiger partial charge on any atom is 0.251 e. The molecule has 1 atom stereocenters. The molecule has 0 bridgehead atoms. The van der Waals surface area contributed by atoms with Crippen LogP contribution in [0.3, 0.4) is 0 Å². The molecule has 0 spiro atoms. The zero-order chi connectivity index (χ0) is 21.1. The van der Waals surface area contributed by atoms with Gasteiger partial charge in [-0.1, -0.05) is 12.1 Å². The predicted octanol–water partition coefficient (Wildman–Crippen LogP) is 3.15. The molecule has 0 unspecified atom stereocenters. The summed E-state index contributed by atoms with van der Waals surface area (Å²) < 4.78 is 32.2. The number of nitrogens with zero attached hydrogens (tertiary/aromatic N) is 2. The fraction of sp³-hybridized carbons (Fsp3) is 0.435. The number of carbonyl (C=O) groups excluding carboxylic acids is 1. The quantitative estimate of drug-likeness (QED) is 0.815. The van der Waals surface area contributed by atoms with E-state index in [9.17, 15) is 13.6 Å². The number of aryl methyl sites for hydroxylation is 1. The molecule has 0 aliphatic carbocycles. The normalized spacial score (nSPS) is 18.0. The average molecular weight is 415 g/mol. The third-order valence-corrected chi connectivity index (χ3v) is 5.96. The molecule has 0 radical (unpaired) electrons. The number of amides is 1. The number of hydrogen-bond acceptors (Lipinski definition) is 4. The zero-order valence-corrected chi connectivity index (χ0v) is 17.2. The third kappa shape index (κ3) is 4.47. The van der Waals surface area contributed by atoms with Gasteiger partial charge >= 0.3 is 0 Å². The van der Waals surface area contributed by atoms with Crippen LogP contribution in [0.25, 0.3) is 0 Å². The topological polar surface area (TPSA) is 44.8 Å². The SMILES string of the molecule is CN1CCCc2cc([C@H](CNC(=O)c3ccc(F)c(F)c3)N3CCOCC3)ccc21. The molecule has 30 heavy (non-hydrogen) atoms. The number of ether oxygens (including phenoxy) is 1. The van der Waals surface area contributed by atoms with Gasteiger partial charge in [0, 0.05) is 44.5 Å². The zero-order valence-electron chi connectivity index (χ0n) is 17.2. The molecule has 1 saturated heterocycles. The monoisotopic (exact) mass is 415 g/mol. The number of carbonyl (C=O) groups is 1. The summed E-state index contributed by atoms with van der Waals surface area (Å²) in [5.74, 6) is -2.40. The Morgan fingerprint density at radius 3 is 2.67 bits per heavy atom. The van der Waals surface area contributed by atoms with E-state index in [0.717, 1.165) is 50.2 Å². The van der Waals surface area contributed by atoms with Crippen LogP contribution in [0.5, 0.6) is 0 Å². The minimum atomic E-state index is -1.02. The van der Waals surface area contributed by atoms with Gasteiger partial charge in [-0.2, -0.15) is 0 Å². The van der Waals surface area contributed by atoms with Crippen molar-refractivity contribution in [3.8, 4) is 0 Å². The van der Waals surface area contributed by atoms with Crippen molar-refractivity contribution in [1.82, 2.24) is 10.2 Å². The summed E-state index contributed by atoms with van der Waals surface area (Å²) in [6.07, 6.45) is 2.17. The van der Waals surface area contributed by atoms with Crippen LogP contribution in [0, 0.1) is 11.6 Å². The maximum absolute atomic E-state index is 13.5. The number of fused-ring (bicyclic) bond motifs is 1. The van der Waals surface area contributed by atoms with Crippen molar-refractivity contribution in [2.45, 2.75) is 18.9 Å². The number of rotatable bonds is 5. The third-order valence-electron chi connectivity index (χ3n) is 5.96. The highest BCUT2D eigenvalue weighted by Crippen LogP contribution is 2.31. The van der Waals surface area contributed by atoms with Crippen molar-refractivity contribution in [3.63, 3.8) is 0 Å². The van der Waals surface area contributed by atoms with Gasteiger partial charge in [0.2, 0.25) is 0 Å². The van der Waals surface area contributed by atoms with Gasteiger partial charge < -0.3 is 15.0 Å². The summed E-state index contributed by atoms with van der Waals surface area (Å²) in [6.45, 7) is 4.31. The minimum absolute atomic E-state index is 0.0133. The van der Waals surface area contributed by atoms with E-state index in [1.807, 2.05) is 0 Å². The Bertz CT molecular complexity index is 915. The molecule has 1 amide bonds. The summed E-state index contributed by atoms with van der Waals surface area (Å²) in [6, 6.07) is 9.73. The van der Waals surface area contributed by atoms with E-state index in [0.29, 0.717) is 19.8 Å². The summed E-state index contributed by atoms with van der Waals surface area (Å²) in [5.41, 5.74) is 3.85. The lowest BCUT2D eigenvalue weighted by atomic mass is 9.95. The molecule has 7 heteroatoms. The molecule has 2 heterocycles. The average Bonchev–Trinajstić information content (AvgIpc) is 2.76. The number of benzene rings is 2. The Balaban J connectivity index is 1.54. The van der Waals surface area contributed by atoms with Gasteiger partial charge in [0.25, 0.3) is 5.91 Å². The molecule has 1 fully saturated rings. The van der Waals surface area contributed by atoms with Crippen LogP contribution in [-0.4, -0.2) is 57.2 Å². The number of hydrogen-bond donors (Lipinski definition) is 1. The summed E-state index contributed by atoms with van der Waals surface area (Å²) in [4.78, 5) is 17.1. The van der Waals surface area contributed by atoms with E-state index in [2.05, 4.69) is 40.4 Å². The number of anilines is 1. The summed E-state index contributed by atoms with van der Waals surface area (Å²) >= 11 is 0. The number of nitrogens with one attached hydrogen (secondary N) is 1. The molecule has 2 aromatic carbocycles. The van der Waals surface area contributed by atoms with Crippen molar-refractivity contribution in [1.29, 1.82) is 0 Å². The van der Waals surface area contributed by atoms with Crippen molar-refractivity contribution in [3.05, 3.63) is 64.7 Å². The maximum atomic E-state index is 13.5. The lowest BCUT2D eigenvalue weighted by molar-refractivity contribution is 0.0162. The molecule has 2 aliphatic rings. The first kappa shape index (κ1) is 20.8. The first-order valence-electron chi connectivity index (χ1n) is 10.4. The van der Waals surface area contributed by atoms with E-state index >= 15 is 0 Å². The second-order valence-corrected chi connectivity index (χ2v) is 7.92. The minimum Gasteiger partial charge on any atom is -0.379 e. The Hall–Kier alpha value is -2.51. The van der Waals surface area contributed by atoms with Crippen LogP contribution in [0.2, 0.25) is 0 Å². The number of morpholine rings is 1. The largest absolute Gasteiger partial charge is 0.379 e. The molecule has 2 aromatic rings. The Morgan fingerprint density at radius 2 is 1.90 bits per heavy atom. The molecule has 5 nitrogen and oxygen atoms in total. The molecule has 0 aromatic heterocycles. The molecular formula is C23H27F2N3O2. The van der Waals surface area contributed by atoms with Crippen LogP contribution in [0.1, 0.15) is 33.9 Å². The molecule has 4 rings (SSSR count). The second kappa shape index (κ2) is 9.10. The van der Waals surface area contributed by atoms with Gasteiger partial charge in [0.05, 0.1) is 19.3 Å². The molecule has 2 aliphatic heterocycles. The summed E-state index contributed by atoms with van der Waals surface area (Å²) in [7, 11) is 2.11. The fourth-order valence-electron chi connectivity index (χ4n) is 4.29. The standard InChI is InChI=1S/C23H27F2N3O2/c1-27-8-2-3-16-13-17(5-7-21(16)27)22(28-9-11-30-12-10-28)15-26-23(29)18-4-6-19(24)20(25)14-18/h4-7,13-14,22H,2-3,8-12,15H2,1H3,(H,26,29)/t22-/m0/s1. The van der Waals surface area contributed by atoms with Crippen molar-refractivity contribution >= 4 is 11.6 Å². The Kier molecular flexibility index (Phi) is 6.29. The van der Waals surface area contributed by atoms with Gasteiger partial charge in [-0.05, 0) is 48.2 Å². The first-order valence-corrected chi connectivity index (χ1v) is 10.4. The van der Waals surface area contributed by atoms with Gasteiger partial charge in [-0.25, -0.2) is 8.78 Å². The van der Waals surface area contributed by atoms with Crippen molar-refractivity contribution in [2.24, 2.45) is 0 Å². The highest BCUT2D eigenvalue weighted by Gasteiger charge is 2.25. The number of halogens is 2. The van der Waals surface area contributed by atoms with Crippen LogP contribution in [-0.2, 0) is 11.2 Å². The van der Waals surface area contributed by atoms with Gasteiger partial charge in [-0.3, -0.25) is 9.69 Å². The van der Waals surface area contributed by atoms with Gasteiger partial charge in [0.15, 0.2) is 11.6 Å². The predicted molar refractivity (Wildman–Crippen MR) is 112 cm³/mol. The van der Waals surface area contributed by atoms with E-state index in [-0.39, 0.29) is 11.6 Å². The van der Waals surface area contributed by atoms with E-state index in [1.54, 1.807) is 0 Å². The van der Waals surface area contributed by atoms with E-state index in [4.69, 9.17) is 4.74 Å². The van der Waals surface area contributed by atoms with E-state index < -0.39 is 17.5 Å². The molecule has 160 valence electrons. The molecule has 0 saturated carbocycles. The first-order chi connectivity index (χ1) is 14.5. The van der Waals surface area contributed by atoms with Crippen LogP contribution in [0.4, 0.5) is 14.5 Å². The van der Waals surface area contributed by atoms with Crippen molar-refractivity contribution < 1.29 is 18.3 Å². The highest BCUT2D eigenvalue weighted by molar-refractivity contribution is 5.94. The fourth-order valence-corrected chi connectivity index (χ4v) is 4.29. The highest BCUT2D eigenvalue weighted by atomic mass is 19.2. The Labute approximate surface area is 175 Å². The molecule has 1 N–H and O–H groups in total. The Morgan fingerprint density at radius 1 is 1.10 bits per heavy atom.